The standard InChI is InChI=1S/C24H21ClFN5O/c1-13-9-15(5-7-27-13)20-10-16(6-8-32-20)23-30-21(18-4-3-17(25)11-19(18)26)22-24(31-23)29-14(2)12-28-22/h3-5,7,9,11-12,16,20H,6,8,10H2,1-2H3/t16-,20-/m0/s1. The summed E-state index contributed by atoms with van der Waals surface area (Å²) in [6, 6.07) is 8.56. The third-order valence-electron chi connectivity index (χ3n) is 5.67. The smallest absolute Gasteiger partial charge is 0.182 e. The highest BCUT2D eigenvalue weighted by atomic mass is 35.5. The second kappa shape index (κ2) is 8.48. The Hall–Kier alpha value is -3.03. The molecular weight excluding hydrogens is 429 g/mol. The van der Waals surface area contributed by atoms with Gasteiger partial charge in [-0.2, -0.15) is 0 Å². The molecule has 0 N–H and O–H groups in total. The number of aromatic nitrogens is 5. The predicted molar refractivity (Wildman–Crippen MR) is 120 cm³/mol. The van der Waals surface area contributed by atoms with Crippen LogP contribution in [0.4, 0.5) is 4.39 Å². The molecule has 8 heteroatoms. The summed E-state index contributed by atoms with van der Waals surface area (Å²) in [4.78, 5) is 22.8. The fraction of sp³-hybridized carbons (Fsp3) is 0.292. The minimum Gasteiger partial charge on any atom is -0.373 e. The number of pyridine rings is 1. The monoisotopic (exact) mass is 449 g/mol. The molecular formula is C24H21ClFN5O. The number of nitrogens with zero attached hydrogens (tertiary/aromatic N) is 5. The Bertz CT molecular complexity index is 1320. The van der Waals surface area contributed by atoms with Gasteiger partial charge in [0.15, 0.2) is 5.65 Å². The number of hydrogen-bond donors (Lipinski definition) is 0. The maximum absolute atomic E-state index is 14.8. The van der Waals surface area contributed by atoms with Gasteiger partial charge in [-0.3, -0.25) is 4.98 Å². The predicted octanol–water partition coefficient (Wildman–Crippen LogP) is 5.53. The topological polar surface area (TPSA) is 73.7 Å². The molecule has 0 amide bonds. The van der Waals surface area contributed by atoms with Crippen LogP contribution in [0.1, 0.15) is 47.6 Å². The Balaban J connectivity index is 1.59. The van der Waals surface area contributed by atoms with Crippen LogP contribution in [-0.4, -0.2) is 31.5 Å². The highest BCUT2D eigenvalue weighted by molar-refractivity contribution is 6.30. The van der Waals surface area contributed by atoms with Gasteiger partial charge in [0.1, 0.15) is 22.9 Å². The first-order valence-electron chi connectivity index (χ1n) is 10.5. The van der Waals surface area contributed by atoms with E-state index >= 15 is 0 Å². The molecule has 0 spiro atoms. The molecule has 6 nitrogen and oxygen atoms in total. The van der Waals surface area contributed by atoms with Crippen LogP contribution in [0.5, 0.6) is 0 Å². The average molecular weight is 450 g/mol. The van der Waals surface area contributed by atoms with E-state index in [1.807, 2.05) is 26.0 Å². The molecule has 4 aromatic rings. The number of halogens is 2. The van der Waals surface area contributed by atoms with E-state index in [1.165, 1.54) is 6.07 Å². The maximum Gasteiger partial charge on any atom is 0.182 e. The van der Waals surface area contributed by atoms with Gasteiger partial charge in [-0.15, -0.1) is 0 Å². The van der Waals surface area contributed by atoms with Gasteiger partial charge in [0.05, 0.1) is 11.8 Å². The summed E-state index contributed by atoms with van der Waals surface area (Å²) in [5.74, 6) is 0.215. The van der Waals surface area contributed by atoms with E-state index in [-0.39, 0.29) is 12.0 Å². The summed E-state index contributed by atoms with van der Waals surface area (Å²) in [6.45, 7) is 4.40. The Labute approximate surface area is 189 Å². The van der Waals surface area contributed by atoms with Crippen molar-refractivity contribution in [2.24, 2.45) is 0 Å². The molecule has 162 valence electrons. The van der Waals surface area contributed by atoms with Crippen LogP contribution in [-0.2, 0) is 4.74 Å². The summed E-state index contributed by atoms with van der Waals surface area (Å²) >= 11 is 5.96. The molecule has 0 aliphatic carbocycles. The molecule has 0 bridgehead atoms. The summed E-state index contributed by atoms with van der Waals surface area (Å²) in [6.07, 6.45) is 4.85. The van der Waals surface area contributed by atoms with Gasteiger partial charge in [-0.1, -0.05) is 11.6 Å². The first-order chi connectivity index (χ1) is 15.5. The highest BCUT2D eigenvalue weighted by Crippen LogP contribution is 2.38. The second-order valence-electron chi connectivity index (χ2n) is 8.05. The first kappa shape index (κ1) is 20.8. The van der Waals surface area contributed by atoms with Crippen molar-refractivity contribution < 1.29 is 9.13 Å². The molecule has 1 aliphatic rings. The Morgan fingerprint density at radius 2 is 1.91 bits per heavy atom. The van der Waals surface area contributed by atoms with Crippen LogP contribution in [0.25, 0.3) is 22.4 Å². The summed E-state index contributed by atoms with van der Waals surface area (Å²) in [5.41, 5.74) is 4.45. The fourth-order valence-electron chi connectivity index (χ4n) is 4.09. The van der Waals surface area contributed by atoms with Gasteiger partial charge < -0.3 is 4.74 Å². The van der Waals surface area contributed by atoms with Gasteiger partial charge in [-0.05, 0) is 62.6 Å². The lowest BCUT2D eigenvalue weighted by Gasteiger charge is -2.29. The molecule has 32 heavy (non-hydrogen) atoms. The zero-order chi connectivity index (χ0) is 22.2. The molecule has 0 unspecified atom stereocenters. The average Bonchev–Trinajstić information content (AvgIpc) is 2.78. The van der Waals surface area contributed by atoms with Crippen molar-refractivity contribution in [1.82, 2.24) is 24.9 Å². The van der Waals surface area contributed by atoms with Crippen LogP contribution >= 0.6 is 11.6 Å². The number of fused-ring (bicyclic) bond motifs is 1. The quantitative estimate of drug-likeness (QED) is 0.409. The van der Waals surface area contributed by atoms with Crippen molar-refractivity contribution in [2.75, 3.05) is 6.61 Å². The summed E-state index contributed by atoms with van der Waals surface area (Å²) in [5, 5.41) is 0.326. The van der Waals surface area contributed by atoms with Crippen molar-refractivity contribution in [3.05, 3.63) is 76.3 Å². The van der Waals surface area contributed by atoms with Crippen molar-refractivity contribution >= 4 is 22.8 Å². The molecule has 1 saturated heterocycles. The van der Waals surface area contributed by atoms with Crippen LogP contribution < -0.4 is 0 Å². The number of rotatable bonds is 3. The number of ether oxygens (including phenoxy) is 1. The maximum atomic E-state index is 14.8. The zero-order valence-electron chi connectivity index (χ0n) is 17.7. The lowest BCUT2D eigenvalue weighted by atomic mass is 9.91. The molecule has 0 radical (unpaired) electrons. The normalized spacial score (nSPS) is 18.8. The van der Waals surface area contributed by atoms with Crippen molar-refractivity contribution in [3.63, 3.8) is 0 Å². The number of benzene rings is 1. The van der Waals surface area contributed by atoms with Crippen molar-refractivity contribution in [1.29, 1.82) is 0 Å². The minimum absolute atomic E-state index is 0.0445. The van der Waals surface area contributed by atoms with Crippen LogP contribution in [0.2, 0.25) is 5.02 Å². The van der Waals surface area contributed by atoms with E-state index in [9.17, 15) is 4.39 Å². The summed E-state index contributed by atoms with van der Waals surface area (Å²) in [7, 11) is 0. The molecule has 3 aromatic heterocycles. The van der Waals surface area contributed by atoms with E-state index in [2.05, 4.69) is 15.0 Å². The third kappa shape index (κ3) is 4.06. The van der Waals surface area contributed by atoms with Gasteiger partial charge in [-0.25, -0.2) is 24.3 Å². The molecule has 0 saturated carbocycles. The van der Waals surface area contributed by atoms with E-state index in [0.29, 0.717) is 39.9 Å². The molecule has 1 fully saturated rings. The summed E-state index contributed by atoms with van der Waals surface area (Å²) < 4.78 is 20.9. The fourth-order valence-corrected chi connectivity index (χ4v) is 4.25. The van der Waals surface area contributed by atoms with Crippen LogP contribution in [0.15, 0.2) is 42.7 Å². The lowest BCUT2D eigenvalue weighted by molar-refractivity contribution is 0.00393. The zero-order valence-corrected chi connectivity index (χ0v) is 18.5. The molecule has 5 rings (SSSR count). The number of aryl methyl sites for hydroxylation is 2. The second-order valence-corrected chi connectivity index (χ2v) is 8.49. The van der Waals surface area contributed by atoms with E-state index in [0.717, 1.165) is 29.8 Å². The van der Waals surface area contributed by atoms with E-state index in [1.54, 1.807) is 24.5 Å². The van der Waals surface area contributed by atoms with Gasteiger partial charge in [0.2, 0.25) is 0 Å². The first-order valence-corrected chi connectivity index (χ1v) is 10.9. The van der Waals surface area contributed by atoms with Gasteiger partial charge in [0, 0.05) is 41.2 Å². The van der Waals surface area contributed by atoms with Crippen LogP contribution in [0.3, 0.4) is 0 Å². The van der Waals surface area contributed by atoms with Gasteiger partial charge in [0.25, 0.3) is 0 Å². The van der Waals surface area contributed by atoms with Crippen molar-refractivity contribution in [3.8, 4) is 11.3 Å². The van der Waals surface area contributed by atoms with E-state index < -0.39 is 5.82 Å². The molecule has 1 aromatic carbocycles. The highest BCUT2D eigenvalue weighted by Gasteiger charge is 2.29. The SMILES string of the molecule is Cc1cc([C@@H]2C[C@@H](c3nc(-c4ccc(Cl)cc4F)c4ncc(C)nc4n3)CCO2)ccn1. The third-order valence-corrected chi connectivity index (χ3v) is 5.91. The Morgan fingerprint density at radius 3 is 2.72 bits per heavy atom. The Kier molecular flexibility index (Phi) is 5.53. The molecule has 2 atom stereocenters. The number of hydrogen-bond acceptors (Lipinski definition) is 6. The molecule has 1 aliphatic heterocycles. The molecule has 4 heterocycles. The minimum atomic E-state index is -0.456. The largest absolute Gasteiger partial charge is 0.373 e. The van der Waals surface area contributed by atoms with Crippen molar-refractivity contribution in [2.45, 2.75) is 38.7 Å². The Morgan fingerprint density at radius 1 is 1.03 bits per heavy atom. The van der Waals surface area contributed by atoms with Crippen LogP contribution in [0, 0.1) is 19.7 Å². The van der Waals surface area contributed by atoms with Gasteiger partial charge >= 0.3 is 0 Å². The van der Waals surface area contributed by atoms with E-state index in [4.69, 9.17) is 26.3 Å². The lowest BCUT2D eigenvalue weighted by Crippen LogP contribution is -2.21.